The molecule has 2 saturated heterocycles. The van der Waals surface area contributed by atoms with E-state index in [9.17, 15) is 4.79 Å². The van der Waals surface area contributed by atoms with Crippen molar-refractivity contribution in [2.75, 3.05) is 29.4 Å². The molecular formula is C19H23N3OS. The molecule has 2 fully saturated rings. The molecule has 5 heteroatoms. The third-order valence-corrected chi connectivity index (χ3v) is 5.87. The number of hydrogen-bond donors (Lipinski definition) is 0. The van der Waals surface area contributed by atoms with Crippen LogP contribution in [0.2, 0.25) is 0 Å². The number of amides is 1. The number of hydrogen-bond acceptors (Lipinski definition) is 4. The summed E-state index contributed by atoms with van der Waals surface area (Å²) in [6, 6.07) is 8.25. The molecule has 2 aliphatic heterocycles. The quantitative estimate of drug-likeness (QED) is 0.840. The number of rotatable bonds is 3. The Balaban J connectivity index is 1.51. The molecule has 1 amide bonds. The zero-order valence-electron chi connectivity index (χ0n) is 14.1. The minimum atomic E-state index is 0.234. The Hall–Kier alpha value is -1.88. The molecule has 1 aromatic carbocycles. The van der Waals surface area contributed by atoms with Crippen LogP contribution < -0.4 is 9.80 Å². The van der Waals surface area contributed by atoms with Crippen molar-refractivity contribution in [2.45, 2.75) is 32.6 Å². The number of anilines is 2. The second kappa shape index (κ2) is 6.55. The van der Waals surface area contributed by atoms with Crippen molar-refractivity contribution in [3.05, 3.63) is 29.6 Å². The summed E-state index contributed by atoms with van der Waals surface area (Å²) in [5, 5.41) is 3.28. The second-order valence-electron chi connectivity index (χ2n) is 6.90. The van der Waals surface area contributed by atoms with Crippen molar-refractivity contribution in [2.24, 2.45) is 5.92 Å². The van der Waals surface area contributed by atoms with E-state index in [1.54, 1.807) is 11.3 Å². The number of thiazole rings is 1. The van der Waals surface area contributed by atoms with Gasteiger partial charge in [0.15, 0.2) is 5.13 Å². The van der Waals surface area contributed by atoms with Gasteiger partial charge in [-0.25, -0.2) is 4.98 Å². The minimum absolute atomic E-state index is 0.234. The van der Waals surface area contributed by atoms with Gasteiger partial charge < -0.3 is 9.80 Å². The number of nitrogens with zero attached hydrogens (tertiary/aromatic N) is 3. The highest BCUT2D eigenvalue weighted by molar-refractivity contribution is 7.14. The maximum absolute atomic E-state index is 11.8. The van der Waals surface area contributed by atoms with Crippen molar-refractivity contribution in [1.82, 2.24) is 4.98 Å². The first-order chi connectivity index (χ1) is 11.7. The summed E-state index contributed by atoms with van der Waals surface area (Å²) in [4.78, 5) is 21.0. The first-order valence-electron chi connectivity index (χ1n) is 8.82. The molecule has 0 bridgehead atoms. The number of aromatic nitrogens is 1. The Kier molecular flexibility index (Phi) is 4.27. The molecule has 0 radical (unpaired) electrons. The third kappa shape index (κ3) is 3.05. The van der Waals surface area contributed by atoms with Crippen LogP contribution in [0.25, 0.3) is 11.3 Å². The highest BCUT2D eigenvalue weighted by Gasteiger charge is 2.22. The Morgan fingerprint density at radius 2 is 2.00 bits per heavy atom. The molecule has 2 aromatic rings. The Bertz CT molecular complexity index is 724. The largest absolute Gasteiger partial charge is 0.348 e. The summed E-state index contributed by atoms with van der Waals surface area (Å²) >= 11 is 1.73. The fourth-order valence-electron chi connectivity index (χ4n) is 3.64. The number of benzene rings is 1. The molecule has 4 rings (SSSR count). The van der Waals surface area contributed by atoms with Crippen molar-refractivity contribution in [3.8, 4) is 11.3 Å². The first kappa shape index (κ1) is 15.6. The lowest BCUT2D eigenvalue weighted by Gasteiger charge is -2.30. The highest BCUT2D eigenvalue weighted by atomic mass is 32.1. The van der Waals surface area contributed by atoms with Crippen LogP contribution in [0.15, 0.2) is 29.6 Å². The topological polar surface area (TPSA) is 36.4 Å². The van der Waals surface area contributed by atoms with E-state index >= 15 is 0 Å². The SMILES string of the molecule is C[C@H]1CCCN(c2nc(-c3ccc(N4CCCC4=O)cc3)cs2)C1. The van der Waals surface area contributed by atoms with Crippen LogP contribution in [0, 0.1) is 5.92 Å². The van der Waals surface area contributed by atoms with E-state index in [0.717, 1.165) is 54.0 Å². The van der Waals surface area contributed by atoms with Gasteiger partial charge in [-0.1, -0.05) is 19.1 Å². The molecule has 4 nitrogen and oxygen atoms in total. The molecule has 1 atom stereocenters. The van der Waals surface area contributed by atoms with Gasteiger partial charge in [-0.15, -0.1) is 11.3 Å². The van der Waals surface area contributed by atoms with E-state index in [1.165, 1.54) is 12.8 Å². The van der Waals surface area contributed by atoms with Crippen LogP contribution in [0.3, 0.4) is 0 Å². The maximum Gasteiger partial charge on any atom is 0.227 e. The average Bonchev–Trinajstić information content (AvgIpc) is 3.24. The van der Waals surface area contributed by atoms with Crippen molar-refractivity contribution in [3.63, 3.8) is 0 Å². The van der Waals surface area contributed by atoms with Gasteiger partial charge in [-0.05, 0) is 37.3 Å². The third-order valence-electron chi connectivity index (χ3n) is 4.97. The molecule has 2 aliphatic rings. The van der Waals surface area contributed by atoms with Crippen molar-refractivity contribution in [1.29, 1.82) is 0 Å². The van der Waals surface area contributed by atoms with Gasteiger partial charge in [-0.2, -0.15) is 0 Å². The number of carbonyl (C=O) groups excluding carboxylic acids is 1. The lowest BCUT2D eigenvalue weighted by Crippen LogP contribution is -2.34. The monoisotopic (exact) mass is 341 g/mol. The summed E-state index contributed by atoms with van der Waals surface area (Å²) in [5.74, 6) is 0.987. The van der Waals surface area contributed by atoms with Gasteiger partial charge in [0, 0.05) is 42.7 Å². The average molecular weight is 341 g/mol. The maximum atomic E-state index is 11.8. The fraction of sp³-hybridized carbons (Fsp3) is 0.474. The van der Waals surface area contributed by atoms with E-state index < -0.39 is 0 Å². The summed E-state index contributed by atoms with van der Waals surface area (Å²) in [7, 11) is 0. The lowest BCUT2D eigenvalue weighted by molar-refractivity contribution is -0.117. The zero-order valence-corrected chi connectivity index (χ0v) is 14.9. The smallest absolute Gasteiger partial charge is 0.227 e. The van der Waals surface area contributed by atoms with Crippen molar-refractivity contribution >= 4 is 28.1 Å². The van der Waals surface area contributed by atoms with Gasteiger partial charge in [0.05, 0.1) is 5.69 Å². The number of carbonyl (C=O) groups is 1. The summed E-state index contributed by atoms with van der Waals surface area (Å²) in [5.41, 5.74) is 3.16. The molecular weight excluding hydrogens is 318 g/mol. The van der Waals surface area contributed by atoms with Crippen LogP contribution in [-0.2, 0) is 4.79 Å². The molecule has 1 aromatic heterocycles. The Morgan fingerprint density at radius 3 is 2.71 bits per heavy atom. The van der Waals surface area contributed by atoms with Crippen LogP contribution in [0.1, 0.15) is 32.6 Å². The van der Waals surface area contributed by atoms with Crippen LogP contribution in [-0.4, -0.2) is 30.5 Å². The van der Waals surface area contributed by atoms with Gasteiger partial charge >= 0.3 is 0 Å². The molecule has 3 heterocycles. The molecule has 0 N–H and O–H groups in total. The van der Waals surface area contributed by atoms with E-state index in [0.29, 0.717) is 6.42 Å². The van der Waals surface area contributed by atoms with E-state index in [2.05, 4.69) is 29.3 Å². The molecule has 0 spiro atoms. The predicted octanol–water partition coefficient (Wildman–Crippen LogP) is 4.17. The van der Waals surface area contributed by atoms with Crippen molar-refractivity contribution < 1.29 is 4.79 Å². The second-order valence-corrected chi connectivity index (χ2v) is 7.74. The summed E-state index contributed by atoms with van der Waals surface area (Å²) in [6.45, 7) is 5.39. The molecule has 0 aliphatic carbocycles. The molecule has 0 saturated carbocycles. The minimum Gasteiger partial charge on any atom is -0.348 e. The predicted molar refractivity (Wildman–Crippen MR) is 99.7 cm³/mol. The van der Waals surface area contributed by atoms with Crippen LogP contribution >= 0.6 is 11.3 Å². The van der Waals surface area contributed by atoms with Gasteiger partial charge in [0.25, 0.3) is 0 Å². The summed E-state index contributed by atoms with van der Waals surface area (Å²) in [6.07, 6.45) is 4.22. The van der Waals surface area contributed by atoms with E-state index in [-0.39, 0.29) is 5.91 Å². The summed E-state index contributed by atoms with van der Waals surface area (Å²) < 4.78 is 0. The zero-order chi connectivity index (χ0) is 16.5. The van der Waals surface area contributed by atoms with Crippen LogP contribution in [0.5, 0.6) is 0 Å². The lowest BCUT2D eigenvalue weighted by atomic mass is 10.0. The molecule has 24 heavy (non-hydrogen) atoms. The van der Waals surface area contributed by atoms with E-state index in [4.69, 9.17) is 4.98 Å². The number of piperidine rings is 1. The molecule has 0 unspecified atom stereocenters. The Morgan fingerprint density at radius 1 is 1.17 bits per heavy atom. The van der Waals surface area contributed by atoms with Gasteiger partial charge in [0.1, 0.15) is 0 Å². The fourth-order valence-corrected chi connectivity index (χ4v) is 4.51. The highest BCUT2D eigenvalue weighted by Crippen LogP contribution is 2.31. The molecule has 126 valence electrons. The van der Waals surface area contributed by atoms with Gasteiger partial charge in [-0.3, -0.25) is 4.79 Å². The van der Waals surface area contributed by atoms with E-state index in [1.807, 2.05) is 17.0 Å². The van der Waals surface area contributed by atoms with Crippen LogP contribution in [0.4, 0.5) is 10.8 Å². The first-order valence-corrected chi connectivity index (χ1v) is 9.70. The van der Waals surface area contributed by atoms with Gasteiger partial charge in [0.2, 0.25) is 5.91 Å². The standard InChI is InChI=1S/C19H23N3OS/c1-14-4-2-10-21(12-14)19-20-17(13-24-19)15-6-8-16(9-7-15)22-11-3-5-18(22)23/h6-9,13-14H,2-5,10-12H2,1H3/t14-/m0/s1. The Labute approximate surface area is 147 Å². The normalized spacial score (nSPS) is 21.5.